The van der Waals surface area contributed by atoms with Gasteiger partial charge in [0.25, 0.3) is 0 Å². The van der Waals surface area contributed by atoms with Crippen LogP contribution in [0.5, 0.6) is 0 Å². The smallest absolute Gasteiger partial charge is 0.0502 e. The van der Waals surface area contributed by atoms with Gasteiger partial charge >= 0.3 is 0 Å². The lowest BCUT2D eigenvalue weighted by Crippen LogP contribution is -1.97. The number of rotatable bonds is 6. The monoisotopic (exact) mass is 352 g/mol. The summed E-state index contributed by atoms with van der Waals surface area (Å²) in [6.07, 6.45) is 1.91. The lowest BCUT2D eigenvalue weighted by molar-refractivity contribution is 0.202. The van der Waals surface area contributed by atoms with Gasteiger partial charge in [-0.05, 0) is 41.7 Å². The molecule has 2 rings (SSSR count). The van der Waals surface area contributed by atoms with Crippen molar-refractivity contribution in [2.75, 3.05) is 13.7 Å². The third kappa shape index (κ3) is 4.62. The zero-order valence-electron chi connectivity index (χ0n) is 11.5. The second kappa shape index (κ2) is 7.82. The molecule has 0 bridgehead atoms. The van der Waals surface area contributed by atoms with Crippen LogP contribution in [-0.2, 0) is 17.6 Å². The summed E-state index contributed by atoms with van der Waals surface area (Å²) >= 11 is 9.66. The van der Waals surface area contributed by atoms with E-state index < -0.39 is 0 Å². The maximum absolute atomic E-state index is 5.90. The zero-order chi connectivity index (χ0) is 14.4. The Hall–Kier alpha value is -0.830. The molecule has 0 aliphatic heterocycles. The standard InChI is InChI=1S/C17H18BrClO/c1-20-11-10-13-2-6-15(7-3-13)17(18)12-14-4-8-16(19)9-5-14/h2-9,17H,10-12H2,1H3. The van der Waals surface area contributed by atoms with E-state index in [2.05, 4.69) is 52.3 Å². The minimum absolute atomic E-state index is 0.320. The van der Waals surface area contributed by atoms with Crippen LogP contribution in [0, 0.1) is 0 Å². The fraction of sp³-hybridized carbons (Fsp3) is 0.294. The van der Waals surface area contributed by atoms with Crippen LogP contribution in [0.1, 0.15) is 21.5 Å². The van der Waals surface area contributed by atoms with Crippen LogP contribution in [0.3, 0.4) is 0 Å². The molecule has 0 radical (unpaired) electrons. The van der Waals surface area contributed by atoms with Crippen LogP contribution >= 0.6 is 27.5 Å². The predicted molar refractivity (Wildman–Crippen MR) is 88.8 cm³/mol. The first-order valence-electron chi connectivity index (χ1n) is 6.65. The number of hydrogen-bond acceptors (Lipinski definition) is 1. The second-order valence-electron chi connectivity index (χ2n) is 4.78. The maximum atomic E-state index is 5.90. The third-order valence-corrected chi connectivity index (χ3v) is 4.37. The van der Waals surface area contributed by atoms with Crippen molar-refractivity contribution in [3.8, 4) is 0 Å². The number of benzene rings is 2. The van der Waals surface area contributed by atoms with Gasteiger partial charge in [-0.2, -0.15) is 0 Å². The van der Waals surface area contributed by atoms with Crippen LogP contribution in [0.2, 0.25) is 5.02 Å². The molecule has 0 fully saturated rings. The molecule has 0 aliphatic rings. The molecule has 1 nitrogen and oxygen atoms in total. The summed E-state index contributed by atoms with van der Waals surface area (Å²) in [5.41, 5.74) is 3.88. The number of ether oxygens (including phenoxy) is 1. The third-order valence-electron chi connectivity index (χ3n) is 3.26. The van der Waals surface area contributed by atoms with Crippen molar-refractivity contribution in [3.63, 3.8) is 0 Å². The molecule has 3 heteroatoms. The molecule has 0 spiro atoms. The second-order valence-corrected chi connectivity index (χ2v) is 6.32. The number of methoxy groups -OCH3 is 1. The molecule has 0 amide bonds. The summed E-state index contributed by atoms with van der Waals surface area (Å²) in [6, 6.07) is 16.7. The van der Waals surface area contributed by atoms with Crippen molar-refractivity contribution in [1.82, 2.24) is 0 Å². The van der Waals surface area contributed by atoms with E-state index >= 15 is 0 Å². The molecule has 0 aromatic heterocycles. The van der Waals surface area contributed by atoms with E-state index in [-0.39, 0.29) is 0 Å². The molecule has 2 aromatic carbocycles. The van der Waals surface area contributed by atoms with Gasteiger partial charge < -0.3 is 4.74 Å². The van der Waals surface area contributed by atoms with Crippen LogP contribution in [0.25, 0.3) is 0 Å². The van der Waals surface area contributed by atoms with Crippen LogP contribution in [0.4, 0.5) is 0 Å². The Bertz CT molecular complexity index is 522. The quantitative estimate of drug-likeness (QED) is 0.648. The van der Waals surface area contributed by atoms with Crippen LogP contribution in [0.15, 0.2) is 48.5 Å². The molecule has 106 valence electrons. The van der Waals surface area contributed by atoms with E-state index in [1.807, 2.05) is 12.1 Å². The van der Waals surface area contributed by atoms with E-state index in [9.17, 15) is 0 Å². The van der Waals surface area contributed by atoms with Gasteiger partial charge in [-0.1, -0.05) is 63.9 Å². The topological polar surface area (TPSA) is 9.23 Å². The maximum Gasteiger partial charge on any atom is 0.0502 e. The van der Waals surface area contributed by atoms with Crippen molar-refractivity contribution in [1.29, 1.82) is 0 Å². The van der Waals surface area contributed by atoms with Gasteiger partial charge in [0.2, 0.25) is 0 Å². The molecule has 20 heavy (non-hydrogen) atoms. The van der Waals surface area contributed by atoms with Crippen molar-refractivity contribution < 1.29 is 4.74 Å². The molecule has 0 saturated heterocycles. The van der Waals surface area contributed by atoms with E-state index in [0.717, 1.165) is 24.5 Å². The van der Waals surface area contributed by atoms with Gasteiger partial charge in [0.15, 0.2) is 0 Å². The lowest BCUT2D eigenvalue weighted by atomic mass is 10.0. The van der Waals surface area contributed by atoms with E-state index in [1.54, 1.807) is 7.11 Å². The Balaban J connectivity index is 1.98. The Kier molecular flexibility index (Phi) is 6.08. The Morgan fingerprint density at radius 2 is 1.60 bits per heavy atom. The summed E-state index contributed by atoms with van der Waals surface area (Å²) in [4.78, 5) is 0.320. The molecule has 2 aromatic rings. The highest BCUT2D eigenvalue weighted by atomic mass is 79.9. The normalized spacial score (nSPS) is 12.3. The van der Waals surface area contributed by atoms with Gasteiger partial charge in [-0.25, -0.2) is 0 Å². The summed E-state index contributed by atoms with van der Waals surface area (Å²) in [7, 11) is 1.73. The largest absolute Gasteiger partial charge is 0.384 e. The minimum atomic E-state index is 0.320. The lowest BCUT2D eigenvalue weighted by Gasteiger charge is -2.11. The summed E-state index contributed by atoms with van der Waals surface area (Å²) in [6.45, 7) is 0.766. The molecule has 0 heterocycles. The molecular weight excluding hydrogens is 336 g/mol. The summed E-state index contributed by atoms with van der Waals surface area (Å²) in [5, 5.41) is 0.780. The number of alkyl halides is 1. The van der Waals surface area contributed by atoms with Crippen molar-refractivity contribution in [3.05, 3.63) is 70.2 Å². The Morgan fingerprint density at radius 1 is 1.00 bits per heavy atom. The first-order valence-corrected chi connectivity index (χ1v) is 7.94. The van der Waals surface area contributed by atoms with Crippen LogP contribution < -0.4 is 0 Å². The van der Waals surface area contributed by atoms with Crippen molar-refractivity contribution in [2.24, 2.45) is 0 Å². The summed E-state index contributed by atoms with van der Waals surface area (Å²) < 4.78 is 5.09. The number of halogens is 2. The highest BCUT2D eigenvalue weighted by Gasteiger charge is 2.08. The fourth-order valence-electron chi connectivity index (χ4n) is 2.06. The van der Waals surface area contributed by atoms with Crippen molar-refractivity contribution >= 4 is 27.5 Å². The minimum Gasteiger partial charge on any atom is -0.384 e. The summed E-state index contributed by atoms with van der Waals surface area (Å²) in [5.74, 6) is 0. The Morgan fingerprint density at radius 3 is 2.20 bits per heavy atom. The van der Waals surface area contributed by atoms with Gasteiger partial charge in [0, 0.05) is 17.0 Å². The number of hydrogen-bond donors (Lipinski definition) is 0. The molecule has 1 atom stereocenters. The fourth-order valence-corrected chi connectivity index (χ4v) is 2.86. The highest BCUT2D eigenvalue weighted by molar-refractivity contribution is 9.09. The first kappa shape index (κ1) is 15.6. The van der Waals surface area contributed by atoms with E-state index in [0.29, 0.717) is 4.83 Å². The van der Waals surface area contributed by atoms with Gasteiger partial charge in [0.05, 0.1) is 6.61 Å². The van der Waals surface area contributed by atoms with Crippen LogP contribution in [-0.4, -0.2) is 13.7 Å². The first-order chi connectivity index (χ1) is 9.69. The molecule has 0 N–H and O–H groups in total. The van der Waals surface area contributed by atoms with Gasteiger partial charge in [-0.15, -0.1) is 0 Å². The van der Waals surface area contributed by atoms with E-state index in [4.69, 9.17) is 16.3 Å². The average molecular weight is 354 g/mol. The van der Waals surface area contributed by atoms with E-state index in [1.165, 1.54) is 16.7 Å². The SMILES string of the molecule is COCCc1ccc(C(Br)Cc2ccc(Cl)cc2)cc1. The van der Waals surface area contributed by atoms with Gasteiger partial charge in [-0.3, -0.25) is 0 Å². The zero-order valence-corrected chi connectivity index (χ0v) is 13.8. The highest BCUT2D eigenvalue weighted by Crippen LogP contribution is 2.27. The van der Waals surface area contributed by atoms with Crippen molar-refractivity contribution in [2.45, 2.75) is 17.7 Å². The molecular formula is C17H18BrClO. The van der Waals surface area contributed by atoms with Gasteiger partial charge in [0.1, 0.15) is 0 Å². The Labute approximate surface area is 134 Å². The predicted octanol–water partition coefficient (Wildman–Crippen LogP) is 5.21. The molecule has 1 unspecified atom stereocenters. The molecule has 0 saturated carbocycles. The molecule has 0 aliphatic carbocycles. The average Bonchev–Trinajstić information content (AvgIpc) is 2.48.